The van der Waals surface area contributed by atoms with Crippen molar-refractivity contribution >= 4 is 25.4 Å². The second-order valence-electron chi connectivity index (χ2n) is 8.19. The summed E-state index contributed by atoms with van der Waals surface area (Å²) in [6, 6.07) is 10.5. The van der Waals surface area contributed by atoms with Crippen molar-refractivity contribution < 1.29 is 14.6 Å². The Morgan fingerprint density at radius 3 is 1.96 bits per heavy atom. The quantitative estimate of drug-likeness (QED) is 0.226. The van der Waals surface area contributed by atoms with E-state index >= 15 is 0 Å². The topological polar surface area (TPSA) is 46.5 Å². The van der Waals surface area contributed by atoms with Crippen LogP contribution in [0.15, 0.2) is 30.3 Å². The fraction of sp³-hybridized carbons (Fsp3) is 0.708. The van der Waals surface area contributed by atoms with Crippen LogP contribution in [0.2, 0.25) is 4.31 Å². The number of cyclic esters (lactones) is 1. The van der Waals surface area contributed by atoms with Gasteiger partial charge in [-0.2, -0.15) is 0 Å². The second-order valence-corrected chi connectivity index (χ2v) is 11.2. The summed E-state index contributed by atoms with van der Waals surface area (Å²) >= 11 is 0.145. The zero-order valence-electron chi connectivity index (χ0n) is 17.5. The predicted octanol–water partition coefficient (Wildman–Crippen LogP) is 5.18. The summed E-state index contributed by atoms with van der Waals surface area (Å²) in [5.74, 6) is 0.0463. The number of esters is 1. The van der Waals surface area contributed by atoms with Crippen LogP contribution < -0.4 is 4.46 Å². The van der Waals surface area contributed by atoms with E-state index in [1.165, 1.54) is 62.2 Å². The van der Waals surface area contributed by atoms with Crippen LogP contribution in [0.4, 0.5) is 0 Å². The molecule has 4 heteroatoms. The molecule has 0 aliphatic carbocycles. The SMILES string of the molecule is C[C@H]1CC(CCCCCCCCCCCCCO)([Se]c2ccccc2)C(=O)O1. The summed E-state index contributed by atoms with van der Waals surface area (Å²) in [7, 11) is 0. The van der Waals surface area contributed by atoms with Gasteiger partial charge in [-0.05, 0) is 6.42 Å². The van der Waals surface area contributed by atoms with E-state index < -0.39 is 0 Å². The molecule has 1 aliphatic rings. The van der Waals surface area contributed by atoms with Gasteiger partial charge >= 0.3 is 160 Å². The average Bonchev–Trinajstić information content (AvgIpc) is 2.96. The van der Waals surface area contributed by atoms with E-state index in [9.17, 15) is 4.79 Å². The van der Waals surface area contributed by atoms with Gasteiger partial charge in [-0.1, -0.05) is 0 Å². The van der Waals surface area contributed by atoms with Crippen molar-refractivity contribution in [3.05, 3.63) is 30.3 Å². The molecule has 1 N–H and O–H groups in total. The summed E-state index contributed by atoms with van der Waals surface area (Å²) in [5, 5.41) is 8.77. The van der Waals surface area contributed by atoms with Crippen molar-refractivity contribution in [1.82, 2.24) is 0 Å². The number of aliphatic hydroxyl groups is 1. The molecule has 2 atom stereocenters. The number of unbranched alkanes of at least 4 members (excludes halogenated alkanes) is 10. The number of carbonyl (C=O) groups excluding carboxylic acids is 1. The van der Waals surface area contributed by atoms with E-state index in [4.69, 9.17) is 9.84 Å². The number of hydrogen-bond donors (Lipinski definition) is 1. The third-order valence-electron chi connectivity index (χ3n) is 5.59. The summed E-state index contributed by atoms with van der Waals surface area (Å²) < 4.78 is 6.63. The van der Waals surface area contributed by atoms with E-state index in [-0.39, 0.29) is 31.3 Å². The fourth-order valence-electron chi connectivity index (χ4n) is 4.05. The molecular weight excluding hydrogens is 415 g/mol. The van der Waals surface area contributed by atoms with Gasteiger partial charge in [-0.3, -0.25) is 0 Å². The third-order valence-corrected chi connectivity index (χ3v) is 8.61. The van der Waals surface area contributed by atoms with E-state index in [0.29, 0.717) is 6.61 Å². The van der Waals surface area contributed by atoms with Crippen molar-refractivity contribution in [2.75, 3.05) is 6.61 Å². The molecule has 1 aliphatic heterocycles. The zero-order valence-corrected chi connectivity index (χ0v) is 19.2. The Morgan fingerprint density at radius 1 is 0.929 bits per heavy atom. The average molecular weight is 454 g/mol. The fourth-order valence-corrected chi connectivity index (χ4v) is 7.07. The molecule has 0 saturated carbocycles. The third kappa shape index (κ3) is 8.27. The normalized spacial score (nSPS) is 21.8. The first kappa shape index (κ1) is 23.4. The number of carbonyl (C=O) groups is 1. The van der Waals surface area contributed by atoms with Gasteiger partial charge in [0.25, 0.3) is 0 Å². The second kappa shape index (κ2) is 13.4. The summed E-state index contributed by atoms with van der Waals surface area (Å²) in [4.78, 5) is 12.6. The van der Waals surface area contributed by atoms with Gasteiger partial charge in [0.05, 0.1) is 0 Å². The standard InChI is InChI=1S/C24H38O3Se/c1-21-20-24(23(26)27-21,28-22-16-12-11-13-17-22)18-14-9-7-5-3-2-4-6-8-10-15-19-25/h11-13,16-17,21,25H,2-10,14-15,18-20H2,1H3/t21-,24?/m0/s1. The Morgan fingerprint density at radius 2 is 1.46 bits per heavy atom. The van der Waals surface area contributed by atoms with E-state index in [0.717, 1.165) is 25.7 Å². The summed E-state index contributed by atoms with van der Waals surface area (Å²) in [6.07, 6.45) is 15.6. The monoisotopic (exact) mass is 454 g/mol. The molecule has 1 heterocycles. The number of rotatable bonds is 15. The first-order valence-corrected chi connectivity index (χ1v) is 12.9. The van der Waals surface area contributed by atoms with Gasteiger partial charge in [0.15, 0.2) is 0 Å². The van der Waals surface area contributed by atoms with Crippen LogP contribution in [0.3, 0.4) is 0 Å². The summed E-state index contributed by atoms with van der Waals surface area (Å²) in [5.41, 5.74) is 0. The minimum atomic E-state index is -0.248. The molecule has 0 amide bonds. The van der Waals surface area contributed by atoms with Crippen LogP contribution in [0.1, 0.15) is 90.4 Å². The number of hydrogen-bond acceptors (Lipinski definition) is 3. The van der Waals surface area contributed by atoms with Gasteiger partial charge in [0.1, 0.15) is 0 Å². The molecule has 158 valence electrons. The molecule has 0 radical (unpaired) electrons. The Kier molecular flexibility index (Phi) is 11.2. The molecule has 1 fully saturated rings. The predicted molar refractivity (Wildman–Crippen MR) is 117 cm³/mol. The van der Waals surface area contributed by atoms with Crippen molar-refractivity contribution in [3.8, 4) is 0 Å². The molecule has 0 bridgehead atoms. The molecule has 0 spiro atoms. The van der Waals surface area contributed by atoms with Crippen LogP contribution in [-0.4, -0.2) is 38.7 Å². The van der Waals surface area contributed by atoms with E-state index in [1.807, 2.05) is 13.0 Å². The van der Waals surface area contributed by atoms with E-state index in [1.54, 1.807) is 0 Å². The van der Waals surface area contributed by atoms with Crippen LogP contribution in [0, 0.1) is 0 Å². The first-order chi connectivity index (χ1) is 13.7. The van der Waals surface area contributed by atoms with Crippen molar-refractivity contribution in [1.29, 1.82) is 0 Å². The molecule has 3 nitrogen and oxygen atoms in total. The molecule has 1 unspecified atom stereocenters. The number of benzene rings is 1. The molecular formula is C24H38O3Se. The molecule has 2 rings (SSSR count). The van der Waals surface area contributed by atoms with E-state index in [2.05, 4.69) is 24.3 Å². The molecule has 0 aromatic heterocycles. The number of ether oxygens (including phenoxy) is 1. The van der Waals surface area contributed by atoms with Crippen LogP contribution in [0.25, 0.3) is 0 Å². The molecule has 28 heavy (non-hydrogen) atoms. The van der Waals surface area contributed by atoms with Crippen molar-refractivity contribution in [2.24, 2.45) is 0 Å². The van der Waals surface area contributed by atoms with Crippen LogP contribution >= 0.6 is 0 Å². The zero-order chi connectivity index (χ0) is 20.1. The van der Waals surface area contributed by atoms with Crippen LogP contribution in [-0.2, 0) is 9.53 Å². The Bertz CT molecular complexity index is 548. The summed E-state index contributed by atoms with van der Waals surface area (Å²) in [6.45, 7) is 2.37. The van der Waals surface area contributed by atoms with Crippen LogP contribution in [0.5, 0.6) is 0 Å². The van der Waals surface area contributed by atoms with Gasteiger partial charge in [0.2, 0.25) is 0 Å². The Hall–Kier alpha value is -0.831. The van der Waals surface area contributed by atoms with Gasteiger partial charge in [0, 0.05) is 6.61 Å². The number of aliphatic hydroxyl groups excluding tert-OH is 1. The Balaban J connectivity index is 1.61. The van der Waals surface area contributed by atoms with Crippen molar-refractivity contribution in [3.63, 3.8) is 0 Å². The maximum atomic E-state index is 12.6. The minimum absolute atomic E-state index is 0.0463. The van der Waals surface area contributed by atoms with Gasteiger partial charge in [-0.15, -0.1) is 0 Å². The van der Waals surface area contributed by atoms with Crippen molar-refractivity contribution in [2.45, 2.75) is 101 Å². The molecule has 1 aromatic rings. The van der Waals surface area contributed by atoms with Gasteiger partial charge in [-0.25, -0.2) is 0 Å². The first-order valence-electron chi connectivity index (χ1n) is 11.2. The maximum absolute atomic E-state index is 12.6. The Labute approximate surface area is 177 Å². The molecule has 1 saturated heterocycles. The van der Waals surface area contributed by atoms with Gasteiger partial charge < -0.3 is 5.11 Å². The molecule has 1 aromatic carbocycles.